The van der Waals surface area contributed by atoms with Crippen LogP contribution in [0.3, 0.4) is 0 Å². The fourth-order valence-corrected chi connectivity index (χ4v) is 6.50. The molecule has 4 aliphatic heterocycles. The topological polar surface area (TPSA) is 140 Å². The number of fused-ring (bicyclic) bond motifs is 1. The molecular weight excluding hydrogens is 568 g/mol. The molecular formula is C32H36N4O8. The van der Waals surface area contributed by atoms with Crippen molar-refractivity contribution in [3.05, 3.63) is 65.7 Å². The molecule has 3 saturated heterocycles. The first-order valence-electron chi connectivity index (χ1n) is 15.0. The van der Waals surface area contributed by atoms with Crippen LogP contribution in [0, 0.1) is 5.92 Å². The third-order valence-electron chi connectivity index (χ3n) is 8.93. The molecule has 2 aromatic rings. The van der Waals surface area contributed by atoms with Crippen LogP contribution in [-0.2, 0) is 31.2 Å². The van der Waals surface area contributed by atoms with Crippen LogP contribution in [0.2, 0.25) is 0 Å². The van der Waals surface area contributed by atoms with Gasteiger partial charge in [-0.15, -0.1) is 0 Å². The van der Waals surface area contributed by atoms with E-state index >= 15 is 0 Å². The molecule has 0 radical (unpaired) electrons. The molecule has 4 heterocycles. The monoisotopic (exact) mass is 604 g/mol. The zero-order valence-corrected chi connectivity index (χ0v) is 24.6. The summed E-state index contributed by atoms with van der Waals surface area (Å²) in [4.78, 5) is 57.6. The molecule has 12 nitrogen and oxygen atoms in total. The maximum atomic E-state index is 14.2. The molecule has 3 fully saturated rings. The molecule has 0 aliphatic carbocycles. The SMILES string of the molecule is C[C@@H](/C=C/CC(=O)N1CCC[C@H]1CO)[C@]1(O)C(=O)N(Cc2cccc(N3CCOC3=O)c2)c2ccc(N3CCOC3=O)cc21. The molecule has 0 aromatic heterocycles. The third kappa shape index (κ3) is 5.17. The van der Waals surface area contributed by atoms with E-state index < -0.39 is 29.6 Å². The molecule has 0 unspecified atom stereocenters. The van der Waals surface area contributed by atoms with Crippen LogP contribution < -0.4 is 14.7 Å². The van der Waals surface area contributed by atoms with Gasteiger partial charge in [0.1, 0.15) is 13.2 Å². The van der Waals surface area contributed by atoms with Crippen molar-refractivity contribution in [1.29, 1.82) is 0 Å². The molecule has 12 heteroatoms. The van der Waals surface area contributed by atoms with Crippen LogP contribution in [0.5, 0.6) is 0 Å². The van der Waals surface area contributed by atoms with E-state index in [1.165, 1.54) is 14.7 Å². The molecule has 4 aliphatic rings. The van der Waals surface area contributed by atoms with E-state index in [1.807, 2.05) is 12.1 Å². The largest absolute Gasteiger partial charge is 0.447 e. The first-order valence-corrected chi connectivity index (χ1v) is 15.0. The Morgan fingerprint density at radius 1 is 1.02 bits per heavy atom. The summed E-state index contributed by atoms with van der Waals surface area (Å²) in [7, 11) is 0. The van der Waals surface area contributed by atoms with Gasteiger partial charge in [0.2, 0.25) is 5.91 Å². The van der Waals surface area contributed by atoms with Crippen LogP contribution in [0.1, 0.15) is 37.3 Å². The number of carbonyl (C=O) groups excluding carboxylic acids is 4. The van der Waals surface area contributed by atoms with Gasteiger partial charge in [-0.2, -0.15) is 0 Å². The normalized spacial score (nSPS) is 24.0. The fourth-order valence-electron chi connectivity index (χ4n) is 6.50. The smallest absolute Gasteiger partial charge is 0.414 e. The molecule has 3 atom stereocenters. The number of amides is 4. The minimum Gasteiger partial charge on any atom is -0.447 e. The van der Waals surface area contributed by atoms with Crippen LogP contribution in [0.25, 0.3) is 0 Å². The summed E-state index contributed by atoms with van der Waals surface area (Å²) in [5, 5.41) is 21.8. The average molecular weight is 605 g/mol. The number of ether oxygens (including phenoxy) is 2. The number of anilines is 3. The summed E-state index contributed by atoms with van der Waals surface area (Å²) < 4.78 is 10.2. The Hall–Kier alpha value is -4.42. The molecule has 0 saturated carbocycles. The molecule has 44 heavy (non-hydrogen) atoms. The van der Waals surface area contributed by atoms with Gasteiger partial charge in [-0.25, -0.2) is 9.59 Å². The van der Waals surface area contributed by atoms with Crippen molar-refractivity contribution in [3.63, 3.8) is 0 Å². The predicted octanol–water partition coefficient (Wildman–Crippen LogP) is 2.90. The van der Waals surface area contributed by atoms with E-state index in [1.54, 1.807) is 54.3 Å². The van der Waals surface area contributed by atoms with E-state index in [0.29, 0.717) is 48.9 Å². The van der Waals surface area contributed by atoms with Gasteiger partial charge in [-0.3, -0.25) is 19.4 Å². The van der Waals surface area contributed by atoms with E-state index in [9.17, 15) is 29.4 Å². The Bertz CT molecular complexity index is 1510. The molecule has 2 aromatic carbocycles. The highest BCUT2D eigenvalue weighted by atomic mass is 16.6. The number of rotatable bonds is 9. The van der Waals surface area contributed by atoms with Crippen LogP contribution in [0.4, 0.5) is 26.7 Å². The number of nitrogens with zero attached hydrogens (tertiary/aromatic N) is 4. The Balaban J connectivity index is 1.29. The Morgan fingerprint density at radius 3 is 2.39 bits per heavy atom. The summed E-state index contributed by atoms with van der Waals surface area (Å²) >= 11 is 0. The first-order chi connectivity index (χ1) is 21.2. The quantitative estimate of drug-likeness (QED) is 0.417. The molecule has 6 rings (SSSR count). The minimum absolute atomic E-state index is 0.0765. The number of cyclic esters (lactones) is 2. The van der Waals surface area contributed by atoms with Crippen molar-refractivity contribution in [3.8, 4) is 0 Å². The highest BCUT2D eigenvalue weighted by Crippen LogP contribution is 2.47. The highest BCUT2D eigenvalue weighted by Gasteiger charge is 2.53. The van der Waals surface area contributed by atoms with Crippen LogP contribution in [0.15, 0.2) is 54.6 Å². The number of aliphatic hydroxyl groups is 2. The standard InChI is InChI=1S/C32H36N4O8/c1-21(5-2-9-28(38)33-12-4-8-25(33)20-37)32(42)26-18-24(35-14-16-44-31(35)41)10-11-27(26)36(29(32)39)19-22-6-3-7-23(17-22)34-13-15-43-30(34)40/h2-3,5-7,10-11,17-18,21,25,37,42H,4,8-9,12-16,19-20H2,1H3/b5-2+/t21-,25-,32+/m0/s1. The number of benzene rings is 2. The summed E-state index contributed by atoms with van der Waals surface area (Å²) in [6, 6.07) is 12.2. The lowest BCUT2D eigenvalue weighted by atomic mass is 9.82. The minimum atomic E-state index is -1.98. The summed E-state index contributed by atoms with van der Waals surface area (Å²) in [6.07, 6.45) is 4.09. The Kier molecular flexibility index (Phi) is 8.04. The first kappa shape index (κ1) is 29.6. The lowest BCUT2D eigenvalue weighted by molar-refractivity contribution is -0.139. The molecule has 232 valence electrons. The van der Waals surface area contributed by atoms with Gasteiger partial charge in [0, 0.05) is 35.8 Å². The van der Waals surface area contributed by atoms with E-state index in [-0.39, 0.29) is 38.1 Å². The van der Waals surface area contributed by atoms with Gasteiger partial charge >= 0.3 is 12.2 Å². The van der Waals surface area contributed by atoms with Gasteiger partial charge in [-0.1, -0.05) is 31.2 Å². The zero-order chi connectivity index (χ0) is 31.0. The van der Waals surface area contributed by atoms with Gasteiger partial charge in [0.25, 0.3) is 5.91 Å². The lowest BCUT2D eigenvalue weighted by Crippen LogP contribution is -2.44. The van der Waals surface area contributed by atoms with Gasteiger partial charge in [0.15, 0.2) is 5.60 Å². The molecule has 0 bridgehead atoms. The number of hydrogen-bond donors (Lipinski definition) is 2. The second-order valence-corrected chi connectivity index (χ2v) is 11.5. The molecule has 0 spiro atoms. The maximum Gasteiger partial charge on any atom is 0.414 e. The number of carbonyl (C=O) groups is 4. The van der Waals surface area contributed by atoms with Crippen molar-refractivity contribution in [2.75, 3.05) is 54.2 Å². The predicted molar refractivity (Wildman–Crippen MR) is 160 cm³/mol. The summed E-state index contributed by atoms with van der Waals surface area (Å²) in [5.41, 5.74) is 0.769. The second-order valence-electron chi connectivity index (χ2n) is 11.5. The summed E-state index contributed by atoms with van der Waals surface area (Å²) in [5.74, 6) is -1.39. The van der Waals surface area contributed by atoms with Crippen molar-refractivity contribution < 1.29 is 38.9 Å². The van der Waals surface area contributed by atoms with Crippen LogP contribution in [-0.4, -0.2) is 84.6 Å². The second kappa shape index (κ2) is 11.9. The van der Waals surface area contributed by atoms with Crippen molar-refractivity contribution in [2.45, 2.75) is 44.4 Å². The third-order valence-corrected chi connectivity index (χ3v) is 8.93. The number of likely N-dealkylation sites (tertiary alicyclic amines) is 1. The number of aliphatic hydroxyl groups excluding tert-OH is 1. The zero-order valence-electron chi connectivity index (χ0n) is 24.6. The van der Waals surface area contributed by atoms with E-state index in [4.69, 9.17) is 9.47 Å². The highest BCUT2D eigenvalue weighted by molar-refractivity contribution is 6.08. The Labute approximate surface area is 255 Å². The molecule has 4 amide bonds. The number of hydrogen-bond acceptors (Lipinski definition) is 8. The van der Waals surface area contributed by atoms with E-state index in [0.717, 1.165) is 18.4 Å². The van der Waals surface area contributed by atoms with Gasteiger partial charge in [0.05, 0.1) is 38.0 Å². The molecule has 2 N–H and O–H groups in total. The van der Waals surface area contributed by atoms with Crippen molar-refractivity contribution in [2.24, 2.45) is 5.92 Å². The Morgan fingerprint density at radius 2 is 1.73 bits per heavy atom. The van der Waals surface area contributed by atoms with Crippen molar-refractivity contribution in [1.82, 2.24) is 4.90 Å². The van der Waals surface area contributed by atoms with Gasteiger partial charge < -0.3 is 29.5 Å². The van der Waals surface area contributed by atoms with Crippen molar-refractivity contribution >= 4 is 41.1 Å². The lowest BCUT2D eigenvalue weighted by Gasteiger charge is -2.28. The van der Waals surface area contributed by atoms with Gasteiger partial charge in [-0.05, 0) is 48.7 Å². The fraction of sp³-hybridized carbons (Fsp3) is 0.438. The summed E-state index contributed by atoms with van der Waals surface area (Å²) in [6.45, 7) is 3.69. The average Bonchev–Trinajstić information content (AvgIpc) is 3.82. The maximum absolute atomic E-state index is 14.2. The van der Waals surface area contributed by atoms with E-state index in [2.05, 4.69) is 0 Å². The van der Waals surface area contributed by atoms with Crippen LogP contribution >= 0.6 is 0 Å².